The van der Waals surface area contributed by atoms with Crippen LogP contribution in [0.4, 0.5) is 28.4 Å². The molecule has 3 aliphatic rings. The normalized spacial score (nSPS) is 15.2. The predicted octanol–water partition coefficient (Wildman–Crippen LogP) is 11.9. The Hall–Kier alpha value is -5.32. The molecule has 0 spiro atoms. The first-order valence-corrected chi connectivity index (χ1v) is 19.0. The van der Waals surface area contributed by atoms with Crippen molar-refractivity contribution >= 4 is 88.5 Å². The number of para-hydroxylation sites is 2. The van der Waals surface area contributed by atoms with Crippen molar-refractivity contribution in [1.29, 1.82) is 0 Å². The molecule has 11 rings (SSSR count). The second-order valence-electron chi connectivity index (χ2n) is 16.1. The molecule has 244 valence electrons. The highest BCUT2D eigenvalue weighted by molar-refractivity contribution is 7.26. The number of nitrogens with zero attached hydrogens (tertiary/aromatic N) is 2. The predicted molar refractivity (Wildman–Crippen MR) is 221 cm³/mol. The van der Waals surface area contributed by atoms with E-state index < -0.39 is 0 Å². The van der Waals surface area contributed by atoms with E-state index in [1.807, 2.05) is 11.3 Å². The first kappa shape index (κ1) is 29.4. The minimum absolute atomic E-state index is 0.0118. The van der Waals surface area contributed by atoms with Crippen molar-refractivity contribution in [1.82, 2.24) is 0 Å². The average Bonchev–Trinajstić information content (AvgIpc) is 3.53. The Morgan fingerprint density at radius 3 is 2.18 bits per heavy atom. The maximum Gasteiger partial charge on any atom is 0.333 e. The standard InChI is InChI=1S/C47H37BN2S/c1-46(2,3)29-21-23-30(24-22-29)50-38-25-26-40-42(32-15-8-11-20-39(32)51-40)41(38)33-27-28-13-6-7-14-31(28)44-43(33)48(50)36-18-12-17-35-45(36)49(44)37-19-10-9-16-34(37)47(35,4)5/h6-27H,1-5H3. The molecule has 0 aliphatic carbocycles. The molecule has 0 fully saturated rings. The summed E-state index contributed by atoms with van der Waals surface area (Å²) in [5.74, 6) is 0. The van der Waals surface area contributed by atoms with Crippen molar-refractivity contribution in [2.24, 2.45) is 0 Å². The second kappa shape index (κ2) is 9.93. The average molecular weight is 673 g/mol. The van der Waals surface area contributed by atoms with E-state index in [1.165, 1.54) is 98.1 Å². The molecule has 0 saturated carbocycles. The van der Waals surface area contributed by atoms with Gasteiger partial charge in [-0.3, -0.25) is 0 Å². The number of anilines is 5. The quantitative estimate of drug-likeness (QED) is 0.160. The Balaban J connectivity index is 1.34. The molecule has 7 aromatic carbocycles. The topological polar surface area (TPSA) is 6.48 Å². The summed E-state index contributed by atoms with van der Waals surface area (Å²) < 4.78 is 2.67. The van der Waals surface area contributed by atoms with E-state index in [0.717, 1.165) is 0 Å². The molecule has 0 atom stereocenters. The van der Waals surface area contributed by atoms with Gasteiger partial charge in [-0.25, -0.2) is 0 Å². The molecule has 1 aromatic heterocycles. The van der Waals surface area contributed by atoms with Crippen LogP contribution in [-0.4, -0.2) is 6.85 Å². The van der Waals surface area contributed by atoms with Gasteiger partial charge in [0.25, 0.3) is 0 Å². The van der Waals surface area contributed by atoms with Crippen LogP contribution in [0, 0.1) is 0 Å². The third kappa shape index (κ3) is 3.78. The minimum Gasteiger partial charge on any atom is -0.376 e. The zero-order valence-corrected chi connectivity index (χ0v) is 30.4. The largest absolute Gasteiger partial charge is 0.376 e. The van der Waals surface area contributed by atoms with Crippen molar-refractivity contribution < 1.29 is 0 Å². The molecule has 4 heterocycles. The van der Waals surface area contributed by atoms with E-state index in [4.69, 9.17) is 0 Å². The van der Waals surface area contributed by atoms with Crippen LogP contribution in [0.2, 0.25) is 0 Å². The Bertz CT molecular complexity index is 2780. The summed E-state index contributed by atoms with van der Waals surface area (Å²) in [6, 6.07) is 50.9. The SMILES string of the molecule is CC(C)(C)c1ccc(N2B3c4cccc5c4N(c4ccccc4C5(C)C)c4c3c(cc3ccccc43)-c3c2ccc2sc4ccccc4c32)cc1. The Morgan fingerprint density at radius 2 is 1.35 bits per heavy atom. The zero-order valence-electron chi connectivity index (χ0n) is 29.6. The first-order chi connectivity index (χ1) is 24.7. The van der Waals surface area contributed by atoms with E-state index in [-0.39, 0.29) is 17.7 Å². The number of benzene rings is 7. The van der Waals surface area contributed by atoms with E-state index in [2.05, 4.69) is 178 Å². The van der Waals surface area contributed by atoms with Gasteiger partial charge in [-0.05, 0) is 86.4 Å². The van der Waals surface area contributed by atoms with Crippen LogP contribution in [0.15, 0.2) is 133 Å². The minimum atomic E-state index is -0.156. The van der Waals surface area contributed by atoms with Gasteiger partial charge in [0, 0.05) is 53.6 Å². The number of fused-ring (bicyclic) bond motifs is 12. The van der Waals surface area contributed by atoms with Crippen LogP contribution in [0.25, 0.3) is 42.1 Å². The van der Waals surface area contributed by atoms with Crippen LogP contribution in [-0.2, 0) is 10.8 Å². The van der Waals surface area contributed by atoms with Gasteiger partial charge in [0.05, 0.1) is 11.4 Å². The van der Waals surface area contributed by atoms with Gasteiger partial charge in [-0.2, -0.15) is 0 Å². The van der Waals surface area contributed by atoms with Crippen LogP contribution < -0.4 is 20.6 Å². The highest BCUT2D eigenvalue weighted by Crippen LogP contribution is 2.57. The van der Waals surface area contributed by atoms with Gasteiger partial charge in [0.1, 0.15) is 0 Å². The van der Waals surface area contributed by atoms with Gasteiger partial charge in [-0.1, -0.05) is 126 Å². The Kier molecular flexibility index (Phi) is 5.73. The van der Waals surface area contributed by atoms with Crippen LogP contribution >= 0.6 is 11.3 Å². The van der Waals surface area contributed by atoms with Crippen molar-refractivity contribution in [3.63, 3.8) is 0 Å². The lowest BCUT2D eigenvalue weighted by molar-refractivity contribution is 0.590. The van der Waals surface area contributed by atoms with Crippen LogP contribution in [0.5, 0.6) is 0 Å². The Morgan fingerprint density at radius 1 is 0.627 bits per heavy atom. The summed E-state index contributed by atoms with van der Waals surface area (Å²) in [5.41, 5.74) is 15.9. The molecule has 4 heteroatoms. The zero-order chi connectivity index (χ0) is 34.4. The lowest BCUT2D eigenvalue weighted by Crippen LogP contribution is -2.62. The summed E-state index contributed by atoms with van der Waals surface area (Å²) in [5, 5.41) is 5.27. The van der Waals surface area contributed by atoms with E-state index in [9.17, 15) is 0 Å². The molecule has 3 aliphatic heterocycles. The molecule has 0 N–H and O–H groups in total. The smallest absolute Gasteiger partial charge is 0.333 e. The highest BCUT2D eigenvalue weighted by Gasteiger charge is 2.50. The van der Waals surface area contributed by atoms with Crippen molar-refractivity contribution in [3.05, 3.63) is 150 Å². The Labute approximate surface area is 303 Å². The maximum absolute atomic E-state index is 2.68. The summed E-state index contributed by atoms with van der Waals surface area (Å²) >= 11 is 1.91. The molecule has 0 saturated heterocycles. The fraction of sp³-hybridized carbons (Fsp3) is 0.149. The van der Waals surface area contributed by atoms with E-state index >= 15 is 0 Å². The summed E-state index contributed by atoms with van der Waals surface area (Å²) in [4.78, 5) is 5.31. The molecule has 0 radical (unpaired) electrons. The number of hydrogen-bond donors (Lipinski definition) is 0. The third-order valence-corrected chi connectivity index (χ3v) is 13.1. The number of thiophene rings is 1. The van der Waals surface area contributed by atoms with Crippen LogP contribution in [0.1, 0.15) is 51.3 Å². The molecule has 51 heavy (non-hydrogen) atoms. The molecule has 0 unspecified atom stereocenters. The van der Waals surface area contributed by atoms with E-state index in [1.54, 1.807) is 0 Å². The maximum atomic E-state index is 2.68. The van der Waals surface area contributed by atoms with Gasteiger partial charge in [0.15, 0.2) is 0 Å². The molecule has 2 nitrogen and oxygen atoms in total. The van der Waals surface area contributed by atoms with Crippen LogP contribution in [0.3, 0.4) is 0 Å². The van der Waals surface area contributed by atoms with Gasteiger partial charge in [-0.15, -0.1) is 11.3 Å². The lowest BCUT2D eigenvalue weighted by atomic mass is 9.42. The van der Waals surface area contributed by atoms with E-state index in [0.29, 0.717) is 0 Å². The number of rotatable bonds is 1. The van der Waals surface area contributed by atoms with Crippen molar-refractivity contribution in [3.8, 4) is 11.1 Å². The van der Waals surface area contributed by atoms with Gasteiger partial charge < -0.3 is 9.71 Å². The lowest BCUT2D eigenvalue weighted by Gasteiger charge is -2.50. The second-order valence-corrected chi connectivity index (χ2v) is 17.2. The fourth-order valence-electron chi connectivity index (χ4n) is 9.55. The number of hydrogen-bond acceptors (Lipinski definition) is 3. The molecule has 0 bridgehead atoms. The summed E-state index contributed by atoms with van der Waals surface area (Å²) in [6.07, 6.45) is 0. The van der Waals surface area contributed by atoms with Crippen molar-refractivity contribution in [2.75, 3.05) is 9.71 Å². The third-order valence-electron chi connectivity index (χ3n) is 12.0. The van der Waals surface area contributed by atoms with Gasteiger partial charge in [0.2, 0.25) is 0 Å². The van der Waals surface area contributed by atoms with Crippen molar-refractivity contribution in [2.45, 2.75) is 45.4 Å². The summed E-state index contributed by atoms with van der Waals surface area (Å²) in [7, 11) is 0. The first-order valence-electron chi connectivity index (χ1n) is 18.1. The molecular weight excluding hydrogens is 635 g/mol. The monoisotopic (exact) mass is 672 g/mol. The molecule has 0 amide bonds. The molecule has 8 aromatic rings. The highest BCUT2D eigenvalue weighted by atomic mass is 32.1. The van der Waals surface area contributed by atoms with Gasteiger partial charge >= 0.3 is 6.85 Å². The summed E-state index contributed by atoms with van der Waals surface area (Å²) in [6.45, 7) is 11.7. The molecular formula is C47H37BN2S. The fourth-order valence-corrected chi connectivity index (χ4v) is 10.7.